The van der Waals surface area contributed by atoms with E-state index >= 15 is 0 Å². The number of pyridine rings is 1. The van der Waals surface area contributed by atoms with Gasteiger partial charge in [0.05, 0.1) is 11.2 Å². The minimum atomic E-state index is -0.0563. The molecule has 1 saturated heterocycles. The van der Waals surface area contributed by atoms with Crippen molar-refractivity contribution in [3.05, 3.63) is 65.5 Å². The summed E-state index contributed by atoms with van der Waals surface area (Å²) in [6, 6.07) is 9.79. The van der Waals surface area contributed by atoms with Crippen LogP contribution in [0.1, 0.15) is 69.8 Å². The molecule has 166 valence electrons. The highest BCUT2D eigenvalue weighted by Crippen LogP contribution is 2.69. The van der Waals surface area contributed by atoms with Gasteiger partial charge in [-0.25, -0.2) is 0 Å². The summed E-state index contributed by atoms with van der Waals surface area (Å²) >= 11 is 0. The van der Waals surface area contributed by atoms with Crippen LogP contribution < -0.4 is 5.32 Å². The number of aromatic nitrogens is 1. The minimum absolute atomic E-state index is 0.00573. The van der Waals surface area contributed by atoms with Crippen molar-refractivity contribution < 1.29 is 4.74 Å². The highest BCUT2D eigenvalue weighted by atomic mass is 16.5. The molecule has 3 unspecified atom stereocenters. The Morgan fingerprint density at radius 1 is 1.09 bits per heavy atom. The molecule has 1 aromatic carbocycles. The normalized spacial score (nSPS) is 42.1. The van der Waals surface area contributed by atoms with Crippen LogP contribution in [0.5, 0.6) is 0 Å². The van der Waals surface area contributed by atoms with E-state index in [1.54, 1.807) is 5.57 Å². The maximum atomic E-state index is 7.36. The lowest BCUT2D eigenvalue weighted by Crippen LogP contribution is -2.54. The topological polar surface area (TPSA) is 34.2 Å². The van der Waals surface area contributed by atoms with E-state index in [4.69, 9.17) is 4.74 Å². The minimum Gasteiger partial charge on any atom is -0.359 e. The SMILES string of the molecule is CNC1CCC2=CC3=CCC4(C)C(c5ccc6ccncc6c5)CC[C@H]4[C@@]34CC[C@]2(C1)O4. The molecule has 3 heterocycles. The molecule has 0 amide bonds. The summed E-state index contributed by atoms with van der Waals surface area (Å²) < 4.78 is 7.36. The molecular formula is C29H34N2O. The van der Waals surface area contributed by atoms with Crippen LogP contribution in [0.15, 0.2) is 60.0 Å². The zero-order valence-electron chi connectivity index (χ0n) is 19.4. The molecule has 3 nitrogen and oxygen atoms in total. The Labute approximate surface area is 191 Å². The van der Waals surface area contributed by atoms with Crippen molar-refractivity contribution in [2.45, 2.75) is 81.5 Å². The largest absolute Gasteiger partial charge is 0.359 e. The fourth-order valence-corrected chi connectivity index (χ4v) is 8.52. The Hall–Kier alpha value is -1.97. The third-order valence-electron chi connectivity index (χ3n) is 10.2. The summed E-state index contributed by atoms with van der Waals surface area (Å²) in [5.41, 5.74) is 4.80. The summed E-state index contributed by atoms with van der Waals surface area (Å²) in [5.74, 6) is 1.20. The van der Waals surface area contributed by atoms with Gasteiger partial charge in [0.25, 0.3) is 0 Å². The van der Waals surface area contributed by atoms with E-state index in [1.165, 1.54) is 66.9 Å². The van der Waals surface area contributed by atoms with Crippen molar-refractivity contribution in [3.8, 4) is 0 Å². The van der Waals surface area contributed by atoms with Gasteiger partial charge in [-0.3, -0.25) is 4.98 Å². The van der Waals surface area contributed by atoms with Crippen LogP contribution in [0.2, 0.25) is 0 Å². The average Bonchev–Trinajstić information content (AvgIpc) is 3.33. The van der Waals surface area contributed by atoms with Crippen molar-refractivity contribution in [1.82, 2.24) is 10.3 Å². The van der Waals surface area contributed by atoms with E-state index in [0.29, 0.717) is 17.9 Å². The molecule has 7 rings (SSSR count). The van der Waals surface area contributed by atoms with E-state index in [9.17, 15) is 0 Å². The standard InChI is InChI=1S/C29H34N2O/c1-27-11-9-23-16-22-5-6-24(30-2)17-28(22)12-13-29(23,32-28)26(27)8-7-25(27)20-4-3-19-10-14-31-18-21(19)15-20/h3-4,9-10,14-16,18,24-26,30H,5-8,11-13,17H2,1-2H3/t24?,25?,26-,27?,28-,29-/m1/s1. The maximum absolute atomic E-state index is 7.36. The molecule has 3 heteroatoms. The Morgan fingerprint density at radius 3 is 2.94 bits per heavy atom. The third kappa shape index (κ3) is 2.42. The number of hydrogen-bond donors (Lipinski definition) is 1. The van der Waals surface area contributed by atoms with Crippen LogP contribution in [0, 0.1) is 11.3 Å². The molecule has 32 heavy (non-hydrogen) atoms. The molecule has 1 N–H and O–H groups in total. The monoisotopic (exact) mass is 426 g/mol. The first-order valence-electron chi connectivity index (χ1n) is 12.7. The Morgan fingerprint density at radius 2 is 2.03 bits per heavy atom. The molecule has 2 aliphatic heterocycles. The number of rotatable bonds is 2. The predicted molar refractivity (Wildman–Crippen MR) is 129 cm³/mol. The van der Waals surface area contributed by atoms with Gasteiger partial charge in [-0.05, 0) is 110 Å². The first-order valence-corrected chi connectivity index (χ1v) is 12.7. The van der Waals surface area contributed by atoms with Gasteiger partial charge >= 0.3 is 0 Å². The van der Waals surface area contributed by atoms with Crippen molar-refractivity contribution in [2.24, 2.45) is 11.3 Å². The van der Waals surface area contributed by atoms with E-state index in [0.717, 1.165) is 6.42 Å². The number of allylic oxidation sites excluding steroid dienone is 1. The molecule has 3 fully saturated rings. The Balaban J connectivity index is 1.29. The molecule has 6 atom stereocenters. The molecular weight excluding hydrogens is 392 g/mol. The van der Waals surface area contributed by atoms with Crippen molar-refractivity contribution in [2.75, 3.05) is 7.05 Å². The van der Waals surface area contributed by atoms with Crippen LogP contribution in [0.4, 0.5) is 0 Å². The van der Waals surface area contributed by atoms with E-state index < -0.39 is 0 Å². The number of fused-ring (bicyclic) bond motifs is 2. The van der Waals surface area contributed by atoms with Gasteiger partial charge in [-0.1, -0.05) is 31.2 Å². The average molecular weight is 427 g/mol. The van der Waals surface area contributed by atoms with Gasteiger partial charge < -0.3 is 10.1 Å². The van der Waals surface area contributed by atoms with E-state index in [-0.39, 0.29) is 16.6 Å². The molecule has 2 spiro atoms. The molecule has 2 saturated carbocycles. The van der Waals surface area contributed by atoms with Crippen molar-refractivity contribution in [1.29, 1.82) is 0 Å². The second-order valence-electron chi connectivity index (χ2n) is 11.4. The predicted octanol–water partition coefficient (Wildman–Crippen LogP) is 6.06. The second kappa shape index (κ2) is 6.55. The zero-order chi connectivity index (χ0) is 21.6. The molecule has 5 aliphatic rings. The van der Waals surface area contributed by atoms with Gasteiger partial charge in [-0.15, -0.1) is 0 Å². The molecule has 1 aromatic heterocycles. The number of benzene rings is 1. The Kier molecular flexibility index (Phi) is 3.99. The smallest absolute Gasteiger partial charge is 0.0974 e. The summed E-state index contributed by atoms with van der Waals surface area (Å²) in [5, 5.41) is 6.11. The van der Waals surface area contributed by atoms with Gasteiger partial charge in [0.1, 0.15) is 0 Å². The van der Waals surface area contributed by atoms with E-state index in [1.807, 2.05) is 12.4 Å². The number of nitrogens with zero attached hydrogens (tertiary/aromatic N) is 1. The number of nitrogens with one attached hydrogen (secondary N) is 1. The van der Waals surface area contributed by atoms with Crippen LogP contribution in [0.3, 0.4) is 0 Å². The quantitative estimate of drug-likeness (QED) is 0.633. The second-order valence-corrected chi connectivity index (χ2v) is 11.4. The lowest BCUT2D eigenvalue weighted by molar-refractivity contribution is -0.136. The third-order valence-corrected chi connectivity index (χ3v) is 10.2. The maximum Gasteiger partial charge on any atom is 0.0974 e. The van der Waals surface area contributed by atoms with Crippen LogP contribution >= 0.6 is 0 Å². The molecule has 3 aliphatic carbocycles. The van der Waals surface area contributed by atoms with Crippen LogP contribution in [-0.4, -0.2) is 29.3 Å². The number of hydrogen-bond acceptors (Lipinski definition) is 3. The zero-order valence-corrected chi connectivity index (χ0v) is 19.4. The van der Waals surface area contributed by atoms with Gasteiger partial charge in [0, 0.05) is 23.8 Å². The van der Waals surface area contributed by atoms with Crippen molar-refractivity contribution in [3.63, 3.8) is 0 Å². The molecule has 0 radical (unpaired) electrons. The molecule has 2 bridgehead atoms. The molecule has 2 aromatic rings. The number of ether oxygens (including phenoxy) is 1. The fraction of sp³-hybridized carbons (Fsp3) is 0.552. The van der Waals surface area contributed by atoms with E-state index in [2.05, 4.69) is 60.7 Å². The summed E-state index contributed by atoms with van der Waals surface area (Å²) in [4.78, 5) is 4.37. The first kappa shape index (κ1) is 19.5. The highest BCUT2D eigenvalue weighted by Gasteiger charge is 2.66. The van der Waals surface area contributed by atoms with Crippen LogP contribution in [-0.2, 0) is 4.74 Å². The van der Waals surface area contributed by atoms with Crippen LogP contribution in [0.25, 0.3) is 10.8 Å². The highest BCUT2D eigenvalue weighted by molar-refractivity contribution is 5.82. The van der Waals surface area contributed by atoms with Crippen molar-refractivity contribution >= 4 is 10.8 Å². The van der Waals surface area contributed by atoms with Gasteiger partial charge in [-0.2, -0.15) is 0 Å². The van der Waals surface area contributed by atoms with Gasteiger partial charge in [0.2, 0.25) is 0 Å². The first-order chi connectivity index (χ1) is 15.6. The Bertz CT molecular complexity index is 1170. The fourth-order valence-electron chi connectivity index (χ4n) is 8.52. The summed E-state index contributed by atoms with van der Waals surface area (Å²) in [7, 11) is 2.12. The summed E-state index contributed by atoms with van der Waals surface area (Å²) in [6.45, 7) is 2.57. The lowest BCUT2D eigenvalue weighted by atomic mass is 9.58. The lowest BCUT2D eigenvalue weighted by Gasteiger charge is -2.54. The van der Waals surface area contributed by atoms with Gasteiger partial charge in [0.15, 0.2) is 0 Å². The summed E-state index contributed by atoms with van der Waals surface area (Å²) in [6.07, 6.45) is 18.8.